The van der Waals surface area contributed by atoms with Crippen LogP contribution in [-0.4, -0.2) is 59.6 Å². The lowest BCUT2D eigenvalue weighted by atomic mass is 10.1. The van der Waals surface area contributed by atoms with E-state index in [1.807, 2.05) is 0 Å². The number of carbonyl (C=O) groups excluding carboxylic acids is 4. The molecule has 2 aromatic carbocycles. The van der Waals surface area contributed by atoms with Gasteiger partial charge in [-0.3, -0.25) is 23.9 Å². The molecule has 1 fully saturated rings. The Hall–Kier alpha value is -3.85. The van der Waals surface area contributed by atoms with E-state index in [0.29, 0.717) is 45.0 Å². The third kappa shape index (κ3) is 4.72. The molecule has 3 aromatic rings. The summed E-state index contributed by atoms with van der Waals surface area (Å²) < 4.78 is 12.2. The molecule has 2 heterocycles. The first kappa shape index (κ1) is 24.3. The van der Waals surface area contributed by atoms with Crippen LogP contribution < -0.4 is 10.1 Å². The van der Waals surface area contributed by atoms with Crippen molar-refractivity contribution in [1.29, 1.82) is 0 Å². The van der Waals surface area contributed by atoms with Crippen molar-refractivity contribution in [2.24, 2.45) is 0 Å². The van der Waals surface area contributed by atoms with Gasteiger partial charge in [-0.1, -0.05) is 11.6 Å². The molecule has 3 amide bonds. The second-order valence-corrected chi connectivity index (χ2v) is 8.56. The minimum absolute atomic E-state index is 0.180. The largest absolute Gasteiger partial charge is 0.497 e. The monoisotopic (exact) mass is 497 g/mol. The Labute approximate surface area is 206 Å². The predicted octanol–water partition coefficient (Wildman–Crippen LogP) is 3.33. The zero-order valence-corrected chi connectivity index (χ0v) is 20.2. The SMILES string of the molecule is COc1ccc2c(c1)c(CC(=O)OC(C)C(=O)N1CCNC1=O)c(C)n2C(=O)c1ccc(Cl)cc1. The molecule has 35 heavy (non-hydrogen) atoms. The van der Waals surface area contributed by atoms with Crippen molar-refractivity contribution in [3.8, 4) is 5.75 Å². The van der Waals surface area contributed by atoms with Gasteiger partial charge in [0, 0.05) is 34.8 Å². The average Bonchev–Trinajstić information content (AvgIpc) is 3.38. The number of rotatable bonds is 6. The van der Waals surface area contributed by atoms with Crippen molar-refractivity contribution in [3.05, 3.63) is 64.3 Å². The molecule has 182 valence electrons. The lowest BCUT2D eigenvalue weighted by molar-refractivity contribution is -0.156. The van der Waals surface area contributed by atoms with Gasteiger partial charge in [-0.15, -0.1) is 0 Å². The molecule has 1 aliphatic rings. The Kier molecular flexibility index (Phi) is 6.79. The van der Waals surface area contributed by atoms with Crippen LogP contribution in [0, 0.1) is 6.92 Å². The van der Waals surface area contributed by atoms with E-state index < -0.39 is 24.0 Å². The highest BCUT2D eigenvalue weighted by Gasteiger charge is 2.32. The molecule has 0 spiro atoms. The van der Waals surface area contributed by atoms with Crippen molar-refractivity contribution in [3.63, 3.8) is 0 Å². The van der Waals surface area contributed by atoms with Crippen molar-refractivity contribution < 1.29 is 28.7 Å². The Balaban J connectivity index is 1.65. The van der Waals surface area contributed by atoms with Crippen LogP contribution in [0.5, 0.6) is 5.75 Å². The van der Waals surface area contributed by atoms with Crippen LogP contribution in [0.1, 0.15) is 28.5 Å². The third-order valence-corrected chi connectivity index (χ3v) is 6.19. The summed E-state index contributed by atoms with van der Waals surface area (Å²) in [4.78, 5) is 51.5. The number of nitrogens with one attached hydrogen (secondary N) is 1. The number of imide groups is 1. The fourth-order valence-corrected chi connectivity index (χ4v) is 4.26. The van der Waals surface area contributed by atoms with Crippen LogP contribution >= 0.6 is 11.6 Å². The number of urea groups is 1. The third-order valence-electron chi connectivity index (χ3n) is 5.94. The summed E-state index contributed by atoms with van der Waals surface area (Å²) in [6, 6.07) is 11.3. The van der Waals surface area contributed by atoms with E-state index in [9.17, 15) is 19.2 Å². The van der Waals surface area contributed by atoms with E-state index in [1.54, 1.807) is 49.4 Å². The number of ether oxygens (including phenoxy) is 2. The second kappa shape index (κ2) is 9.79. The summed E-state index contributed by atoms with van der Waals surface area (Å²) >= 11 is 5.96. The normalized spacial score (nSPS) is 14.1. The van der Waals surface area contributed by atoms with Crippen LogP contribution in [0.3, 0.4) is 0 Å². The number of methoxy groups -OCH3 is 1. The first-order chi connectivity index (χ1) is 16.7. The van der Waals surface area contributed by atoms with Crippen LogP contribution in [-0.2, 0) is 20.7 Å². The predicted molar refractivity (Wildman–Crippen MR) is 129 cm³/mol. The first-order valence-electron chi connectivity index (χ1n) is 11.0. The minimum Gasteiger partial charge on any atom is -0.497 e. The van der Waals surface area contributed by atoms with Crippen LogP contribution in [0.2, 0.25) is 5.02 Å². The van der Waals surface area contributed by atoms with Crippen molar-refractivity contribution >= 4 is 46.3 Å². The summed E-state index contributed by atoms with van der Waals surface area (Å²) in [6.07, 6.45) is -1.31. The quantitative estimate of drug-likeness (QED) is 0.523. The zero-order chi connectivity index (χ0) is 25.3. The maximum Gasteiger partial charge on any atom is 0.324 e. The fourth-order valence-electron chi connectivity index (χ4n) is 4.13. The molecule has 0 saturated carbocycles. The number of esters is 1. The number of fused-ring (bicyclic) bond motifs is 1. The lowest BCUT2D eigenvalue weighted by Crippen LogP contribution is -2.42. The molecule has 1 atom stereocenters. The Morgan fingerprint density at radius 1 is 1.14 bits per heavy atom. The number of halogens is 1. The summed E-state index contributed by atoms with van der Waals surface area (Å²) in [6.45, 7) is 3.74. The average molecular weight is 498 g/mol. The molecule has 0 aliphatic carbocycles. The lowest BCUT2D eigenvalue weighted by Gasteiger charge is -2.18. The van der Waals surface area contributed by atoms with Crippen molar-refractivity contribution in [2.45, 2.75) is 26.4 Å². The zero-order valence-electron chi connectivity index (χ0n) is 19.5. The summed E-state index contributed by atoms with van der Waals surface area (Å²) in [5.41, 5.74) is 2.17. The summed E-state index contributed by atoms with van der Waals surface area (Å²) in [5, 5.41) is 3.70. The standard InChI is InChI=1S/C25H24ClN3O6/c1-14-19(13-22(30)35-15(2)23(31)28-11-10-27-25(28)33)20-12-18(34-3)8-9-21(20)29(14)24(32)16-4-6-17(26)7-5-16/h4-9,12,15H,10-11,13H2,1-3H3,(H,27,33). The maximum atomic E-state index is 13.4. The molecule has 9 nitrogen and oxygen atoms in total. The van der Waals surface area contributed by atoms with Crippen LogP contribution in [0.4, 0.5) is 4.79 Å². The highest BCUT2D eigenvalue weighted by atomic mass is 35.5. The van der Waals surface area contributed by atoms with E-state index >= 15 is 0 Å². The van der Waals surface area contributed by atoms with E-state index in [2.05, 4.69) is 5.32 Å². The fraction of sp³-hybridized carbons (Fsp3) is 0.280. The van der Waals surface area contributed by atoms with Crippen LogP contribution in [0.15, 0.2) is 42.5 Å². The molecule has 1 saturated heterocycles. The smallest absolute Gasteiger partial charge is 0.324 e. The van der Waals surface area contributed by atoms with Crippen LogP contribution in [0.25, 0.3) is 10.9 Å². The van der Waals surface area contributed by atoms with Gasteiger partial charge in [-0.05, 0) is 61.9 Å². The number of hydrogen-bond donors (Lipinski definition) is 1. The van der Waals surface area contributed by atoms with Gasteiger partial charge in [0.05, 0.1) is 19.0 Å². The topological polar surface area (TPSA) is 107 Å². The number of benzene rings is 2. The Morgan fingerprint density at radius 2 is 1.86 bits per heavy atom. The van der Waals surface area contributed by atoms with Gasteiger partial charge in [-0.25, -0.2) is 4.79 Å². The molecule has 0 bridgehead atoms. The Morgan fingerprint density at radius 3 is 2.49 bits per heavy atom. The molecule has 10 heteroatoms. The highest BCUT2D eigenvalue weighted by molar-refractivity contribution is 6.30. The minimum atomic E-state index is -1.13. The molecule has 1 aliphatic heterocycles. The first-order valence-corrected chi connectivity index (χ1v) is 11.4. The summed E-state index contributed by atoms with van der Waals surface area (Å²) in [7, 11) is 1.53. The number of hydrogen-bond acceptors (Lipinski definition) is 6. The van der Waals surface area contributed by atoms with Gasteiger partial charge in [0.2, 0.25) is 0 Å². The molecule has 1 N–H and O–H groups in total. The highest BCUT2D eigenvalue weighted by Crippen LogP contribution is 2.31. The maximum absolute atomic E-state index is 13.4. The van der Waals surface area contributed by atoms with Crippen molar-refractivity contribution in [1.82, 2.24) is 14.8 Å². The van der Waals surface area contributed by atoms with E-state index in [0.717, 1.165) is 4.90 Å². The Bertz CT molecular complexity index is 1330. The van der Waals surface area contributed by atoms with E-state index in [4.69, 9.17) is 21.1 Å². The number of nitrogens with zero attached hydrogens (tertiary/aromatic N) is 2. The van der Waals surface area contributed by atoms with E-state index in [1.165, 1.54) is 18.6 Å². The second-order valence-electron chi connectivity index (χ2n) is 8.13. The molecule has 1 unspecified atom stereocenters. The van der Waals surface area contributed by atoms with Gasteiger partial charge < -0.3 is 14.8 Å². The molecular formula is C25H24ClN3O6. The van der Waals surface area contributed by atoms with E-state index in [-0.39, 0.29) is 18.9 Å². The van der Waals surface area contributed by atoms with Gasteiger partial charge in [-0.2, -0.15) is 0 Å². The molecule has 4 rings (SSSR count). The van der Waals surface area contributed by atoms with Gasteiger partial charge in [0.25, 0.3) is 11.8 Å². The number of aromatic nitrogens is 1. The molecule has 0 radical (unpaired) electrons. The van der Waals surface area contributed by atoms with Crippen molar-refractivity contribution in [2.75, 3.05) is 20.2 Å². The molecule has 1 aromatic heterocycles. The van der Waals surface area contributed by atoms with Gasteiger partial charge in [0.1, 0.15) is 5.75 Å². The summed E-state index contributed by atoms with van der Waals surface area (Å²) in [5.74, 6) is -0.967. The molecular weight excluding hydrogens is 474 g/mol. The number of carbonyl (C=O) groups is 4. The van der Waals surface area contributed by atoms with Gasteiger partial charge in [0.15, 0.2) is 6.10 Å². The van der Waals surface area contributed by atoms with Gasteiger partial charge >= 0.3 is 12.0 Å². The number of amides is 3.